The van der Waals surface area contributed by atoms with Gasteiger partial charge >= 0.3 is 0 Å². The maximum atomic E-state index is 10.7. The fourth-order valence-corrected chi connectivity index (χ4v) is 3.91. The number of hydrogen-bond acceptors (Lipinski definition) is 6. The van der Waals surface area contributed by atoms with E-state index in [2.05, 4.69) is 0 Å². The standard InChI is InChI=1S/C27H30O6/c28-16-23-24(30-17-20-10-4-1-5-11-20)25(31-18-21-12-6-2-7-13-21)26(27(29)33-23)32-19-22-14-8-3-9-15-22/h1-15,23-29H,16-19H2/t23-,24-,25-,26-,27-/m1/s1. The summed E-state index contributed by atoms with van der Waals surface area (Å²) >= 11 is 0. The molecule has 0 amide bonds. The topological polar surface area (TPSA) is 77.4 Å². The summed E-state index contributed by atoms with van der Waals surface area (Å²) in [5.74, 6) is 0. The number of rotatable bonds is 10. The zero-order valence-corrected chi connectivity index (χ0v) is 18.4. The van der Waals surface area contributed by atoms with Crippen LogP contribution < -0.4 is 0 Å². The van der Waals surface area contributed by atoms with Crippen molar-refractivity contribution in [1.82, 2.24) is 0 Å². The monoisotopic (exact) mass is 450 g/mol. The second-order valence-corrected chi connectivity index (χ2v) is 8.03. The van der Waals surface area contributed by atoms with Gasteiger partial charge in [0.05, 0.1) is 26.4 Å². The molecule has 0 aromatic heterocycles. The summed E-state index contributed by atoms with van der Waals surface area (Å²) in [4.78, 5) is 0. The Morgan fingerprint density at radius 2 is 0.970 bits per heavy atom. The Hall–Kier alpha value is -2.58. The van der Waals surface area contributed by atoms with Crippen molar-refractivity contribution >= 4 is 0 Å². The minimum Gasteiger partial charge on any atom is -0.394 e. The largest absolute Gasteiger partial charge is 0.394 e. The molecule has 6 heteroatoms. The Balaban J connectivity index is 1.53. The van der Waals surface area contributed by atoms with Gasteiger partial charge in [-0.05, 0) is 16.7 Å². The molecule has 0 radical (unpaired) electrons. The number of benzene rings is 3. The van der Waals surface area contributed by atoms with E-state index in [1.807, 2.05) is 91.0 Å². The first-order valence-electron chi connectivity index (χ1n) is 11.2. The van der Waals surface area contributed by atoms with Crippen molar-refractivity contribution in [2.45, 2.75) is 50.5 Å². The molecule has 1 saturated heterocycles. The lowest BCUT2D eigenvalue weighted by Crippen LogP contribution is -2.61. The maximum absolute atomic E-state index is 10.7. The molecule has 1 aliphatic heterocycles. The molecule has 0 saturated carbocycles. The molecule has 1 fully saturated rings. The Bertz CT molecular complexity index is 937. The molecule has 1 aliphatic rings. The fourth-order valence-electron chi connectivity index (χ4n) is 3.91. The van der Waals surface area contributed by atoms with Crippen LogP contribution in [-0.2, 0) is 38.8 Å². The van der Waals surface area contributed by atoms with Gasteiger partial charge in [-0.1, -0.05) is 91.0 Å². The first-order valence-corrected chi connectivity index (χ1v) is 11.2. The van der Waals surface area contributed by atoms with Gasteiger partial charge in [0, 0.05) is 0 Å². The van der Waals surface area contributed by atoms with Gasteiger partial charge in [0.15, 0.2) is 6.29 Å². The summed E-state index contributed by atoms with van der Waals surface area (Å²) in [6.45, 7) is 0.601. The molecule has 3 aromatic rings. The van der Waals surface area contributed by atoms with Crippen molar-refractivity contribution < 1.29 is 29.2 Å². The summed E-state index contributed by atoms with van der Waals surface area (Å²) in [7, 11) is 0. The number of ether oxygens (including phenoxy) is 4. The molecule has 33 heavy (non-hydrogen) atoms. The normalized spacial score (nSPS) is 25.1. The van der Waals surface area contributed by atoms with Crippen molar-refractivity contribution in [2.75, 3.05) is 6.61 Å². The lowest BCUT2D eigenvalue weighted by molar-refractivity contribution is -0.315. The van der Waals surface area contributed by atoms with Crippen LogP contribution in [0.3, 0.4) is 0 Å². The van der Waals surface area contributed by atoms with Gasteiger partial charge < -0.3 is 29.2 Å². The second-order valence-electron chi connectivity index (χ2n) is 8.03. The molecule has 6 nitrogen and oxygen atoms in total. The lowest BCUT2D eigenvalue weighted by atomic mass is 9.98. The van der Waals surface area contributed by atoms with E-state index in [0.29, 0.717) is 13.2 Å². The number of aliphatic hydroxyl groups is 2. The molecular weight excluding hydrogens is 420 g/mol. The highest BCUT2D eigenvalue weighted by molar-refractivity contribution is 5.15. The van der Waals surface area contributed by atoms with Crippen molar-refractivity contribution in [3.05, 3.63) is 108 Å². The van der Waals surface area contributed by atoms with Crippen molar-refractivity contribution in [2.24, 2.45) is 0 Å². The fraction of sp³-hybridized carbons (Fsp3) is 0.333. The second kappa shape index (κ2) is 12.0. The Morgan fingerprint density at radius 3 is 1.39 bits per heavy atom. The van der Waals surface area contributed by atoms with E-state index in [4.69, 9.17) is 18.9 Å². The Morgan fingerprint density at radius 1 is 0.576 bits per heavy atom. The van der Waals surface area contributed by atoms with Crippen LogP contribution in [0.25, 0.3) is 0 Å². The van der Waals surface area contributed by atoms with E-state index in [-0.39, 0.29) is 13.2 Å². The highest BCUT2D eigenvalue weighted by atomic mass is 16.7. The molecule has 0 bridgehead atoms. The average Bonchev–Trinajstić information content (AvgIpc) is 2.87. The van der Waals surface area contributed by atoms with E-state index in [9.17, 15) is 10.2 Å². The van der Waals surface area contributed by atoms with E-state index < -0.39 is 30.7 Å². The maximum Gasteiger partial charge on any atom is 0.184 e. The first-order chi connectivity index (χ1) is 16.2. The Labute approximate surface area is 194 Å². The average molecular weight is 451 g/mol. The molecule has 174 valence electrons. The zero-order chi connectivity index (χ0) is 22.9. The van der Waals surface area contributed by atoms with Crippen molar-refractivity contribution in [3.63, 3.8) is 0 Å². The van der Waals surface area contributed by atoms with E-state index >= 15 is 0 Å². The number of hydrogen-bond donors (Lipinski definition) is 2. The van der Waals surface area contributed by atoms with Crippen LogP contribution in [0.15, 0.2) is 91.0 Å². The van der Waals surface area contributed by atoms with E-state index in [1.165, 1.54) is 0 Å². The Kier molecular flexibility index (Phi) is 8.60. The number of aliphatic hydroxyl groups excluding tert-OH is 2. The van der Waals surface area contributed by atoms with Crippen LogP contribution >= 0.6 is 0 Å². The predicted octanol–water partition coefficient (Wildman–Crippen LogP) is 3.45. The van der Waals surface area contributed by atoms with Crippen LogP contribution in [0.4, 0.5) is 0 Å². The van der Waals surface area contributed by atoms with Gasteiger partial charge in [-0.15, -0.1) is 0 Å². The minimum atomic E-state index is -1.26. The molecule has 3 aromatic carbocycles. The summed E-state index contributed by atoms with van der Waals surface area (Å²) < 4.78 is 24.3. The highest BCUT2D eigenvalue weighted by Gasteiger charge is 2.47. The summed E-state index contributed by atoms with van der Waals surface area (Å²) in [5.41, 5.74) is 2.95. The smallest absolute Gasteiger partial charge is 0.184 e. The molecule has 5 atom stereocenters. The van der Waals surface area contributed by atoms with Crippen LogP contribution in [0.5, 0.6) is 0 Å². The van der Waals surface area contributed by atoms with Gasteiger partial charge in [0.25, 0.3) is 0 Å². The van der Waals surface area contributed by atoms with Gasteiger partial charge in [-0.2, -0.15) is 0 Å². The van der Waals surface area contributed by atoms with Gasteiger partial charge in [-0.3, -0.25) is 0 Å². The SMILES string of the molecule is OC[C@H]1O[C@@H](O)[C@H](OCc2ccccc2)[C@H](OCc2ccccc2)[C@@H]1OCc1ccccc1. The minimum absolute atomic E-state index is 0.284. The van der Waals surface area contributed by atoms with Crippen molar-refractivity contribution in [1.29, 1.82) is 0 Å². The molecular formula is C27H30O6. The lowest BCUT2D eigenvalue weighted by Gasteiger charge is -2.44. The summed E-state index contributed by atoms with van der Waals surface area (Å²) in [6, 6.07) is 29.3. The molecule has 2 N–H and O–H groups in total. The van der Waals surface area contributed by atoms with Crippen LogP contribution in [0, 0.1) is 0 Å². The third kappa shape index (κ3) is 6.48. The zero-order valence-electron chi connectivity index (χ0n) is 18.4. The van der Waals surface area contributed by atoms with Crippen LogP contribution in [-0.4, -0.2) is 47.5 Å². The third-order valence-electron chi connectivity index (χ3n) is 5.65. The van der Waals surface area contributed by atoms with Gasteiger partial charge in [-0.25, -0.2) is 0 Å². The van der Waals surface area contributed by atoms with Crippen LogP contribution in [0.1, 0.15) is 16.7 Å². The molecule has 0 aliphatic carbocycles. The molecule has 4 rings (SSSR count). The highest BCUT2D eigenvalue weighted by Crippen LogP contribution is 2.29. The predicted molar refractivity (Wildman–Crippen MR) is 123 cm³/mol. The van der Waals surface area contributed by atoms with Crippen molar-refractivity contribution in [3.8, 4) is 0 Å². The van der Waals surface area contributed by atoms with Gasteiger partial charge in [0.1, 0.15) is 24.4 Å². The van der Waals surface area contributed by atoms with Crippen LogP contribution in [0.2, 0.25) is 0 Å². The molecule has 0 spiro atoms. The summed E-state index contributed by atoms with van der Waals surface area (Å²) in [5, 5.41) is 20.7. The first kappa shape index (κ1) is 23.6. The summed E-state index contributed by atoms with van der Waals surface area (Å²) in [6.07, 6.45) is -4.09. The quantitative estimate of drug-likeness (QED) is 0.493. The molecule has 1 heterocycles. The molecule has 0 unspecified atom stereocenters. The third-order valence-corrected chi connectivity index (χ3v) is 5.65. The van der Waals surface area contributed by atoms with Gasteiger partial charge in [0.2, 0.25) is 0 Å². The van der Waals surface area contributed by atoms with E-state index in [0.717, 1.165) is 16.7 Å². The van der Waals surface area contributed by atoms with E-state index in [1.54, 1.807) is 0 Å².